The van der Waals surface area contributed by atoms with Crippen LogP contribution in [-0.2, 0) is 41.2 Å². The van der Waals surface area contributed by atoms with E-state index in [1.807, 2.05) is 0 Å². The van der Waals surface area contributed by atoms with Gasteiger partial charge in [-0.05, 0) is 0 Å². The van der Waals surface area contributed by atoms with E-state index in [0.717, 1.165) is 0 Å². The zero-order valence-electron chi connectivity index (χ0n) is 1.88. The molecule has 0 bridgehead atoms. The molecule has 0 aromatic rings. The fraction of sp³-hybridized carbons (Fsp3) is 0. The Morgan fingerprint density at radius 3 is 1.25 bits per heavy atom. The first-order valence-corrected chi connectivity index (χ1v) is 0.775. The van der Waals surface area contributed by atoms with Gasteiger partial charge in [0.1, 0.15) is 0 Å². The molecule has 0 saturated carbocycles. The molecule has 0 spiro atoms. The predicted octanol–water partition coefficient (Wildman–Crippen LogP) is -0.638. The Labute approximate surface area is 55.8 Å². The van der Waals surface area contributed by atoms with E-state index in [9.17, 15) is 0 Å². The Morgan fingerprint density at radius 2 is 1.25 bits per heavy atom. The SMILES string of the molecule is N#[SiH].[Ru].[Ti]. The average molecular weight is 192 g/mol. The normalized spacial score (nSPS) is 0.500. The molecule has 0 aromatic carbocycles. The molecular weight excluding hydrogens is 191 g/mol. The topological polar surface area (TPSA) is 23.8 Å². The first kappa shape index (κ1) is 18.7. The second-order valence-electron chi connectivity index (χ2n) is 0. The summed E-state index contributed by atoms with van der Waals surface area (Å²) in [5.41, 5.74) is 0. The molecule has 1 nitrogen and oxygen atoms in total. The summed E-state index contributed by atoms with van der Waals surface area (Å²) in [7, 11) is 1.42. The van der Waals surface area contributed by atoms with Crippen molar-refractivity contribution < 1.29 is 41.2 Å². The van der Waals surface area contributed by atoms with Crippen molar-refractivity contribution in [2.24, 2.45) is 0 Å². The molecule has 4 heteroatoms. The average Bonchev–Trinajstić information content (AvgIpc) is 1.00. The maximum atomic E-state index is 6.92. The van der Waals surface area contributed by atoms with Gasteiger partial charge >= 0.3 is 0 Å². The molecule has 0 fully saturated rings. The molecule has 0 atom stereocenters. The van der Waals surface area contributed by atoms with Gasteiger partial charge in [-0.1, -0.05) is 0 Å². The fourth-order valence-corrected chi connectivity index (χ4v) is 0. The Balaban J connectivity index is -0.00000000500. The Bertz CT molecular complexity index is 12.8. The van der Waals surface area contributed by atoms with Crippen molar-refractivity contribution in [3.8, 4) is 0 Å². The maximum absolute atomic E-state index is 6.92. The minimum absolute atomic E-state index is 0. The molecule has 0 aliphatic heterocycles. The van der Waals surface area contributed by atoms with Crippen molar-refractivity contribution in [3.63, 3.8) is 0 Å². The molecule has 0 radical (unpaired) electrons. The zero-order chi connectivity index (χ0) is 2.00. The van der Waals surface area contributed by atoms with Gasteiger partial charge in [-0.25, -0.2) is 0 Å². The van der Waals surface area contributed by atoms with E-state index >= 15 is 0 Å². The van der Waals surface area contributed by atoms with Crippen LogP contribution in [0.25, 0.3) is 0 Å². The van der Waals surface area contributed by atoms with Crippen LogP contribution in [0, 0.1) is 4.89 Å². The monoisotopic (exact) mass is 193 g/mol. The van der Waals surface area contributed by atoms with Gasteiger partial charge in [-0.3, -0.25) is 4.89 Å². The maximum Gasteiger partial charge on any atom is 0.176 e. The zero-order valence-corrected chi connectivity index (χ0v) is 6.33. The third-order valence-electron chi connectivity index (χ3n) is 0. The predicted molar refractivity (Wildman–Crippen MR) is 8.87 cm³/mol. The molecule has 4 heavy (non-hydrogen) atoms. The van der Waals surface area contributed by atoms with Crippen LogP contribution < -0.4 is 0 Å². The van der Waals surface area contributed by atoms with Crippen LogP contribution >= 0.6 is 0 Å². The van der Waals surface area contributed by atoms with E-state index in [2.05, 4.69) is 0 Å². The summed E-state index contributed by atoms with van der Waals surface area (Å²) in [6.45, 7) is 0. The van der Waals surface area contributed by atoms with Gasteiger partial charge in [0, 0.05) is 41.2 Å². The fourth-order valence-electron chi connectivity index (χ4n) is 0. The second kappa shape index (κ2) is 28.4. The van der Waals surface area contributed by atoms with E-state index in [-0.39, 0.29) is 41.2 Å². The summed E-state index contributed by atoms with van der Waals surface area (Å²) in [5.74, 6) is 0. The van der Waals surface area contributed by atoms with Gasteiger partial charge in [0.2, 0.25) is 0 Å². The smallest absolute Gasteiger partial charge is 0.176 e. The number of nitrogens with zero attached hydrogens (tertiary/aromatic N) is 1. The summed E-state index contributed by atoms with van der Waals surface area (Å²) in [6.07, 6.45) is 0. The second-order valence-corrected chi connectivity index (χ2v) is 0. The number of hydrogen-bond acceptors (Lipinski definition) is 1. The van der Waals surface area contributed by atoms with Crippen molar-refractivity contribution in [3.05, 3.63) is 0 Å². The molecule has 0 aliphatic rings. The molecular formula is HNRuSiTi. The number of hydrogen-bond donors (Lipinski definition) is 0. The molecule has 0 heterocycles. The van der Waals surface area contributed by atoms with Crippen molar-refractivity contribution in [2.45, 2.75) is 0 Å². The van der Waals surface area contributed by atoms with Crippen molar-refractivity contribution in [1.29, 1.82) is 4.89 Å². The van der Waals surface area contributed by atoms with Crippen molar-refractivity contribution in [1.82, 2.24) is 0 Å². The summed E-state index contributed by atoms with van der Waals surface area (Å²) >= 11 is 0. The Kier molecular flexibility index (Phi) is 133. The molecule has 0 rings (SSSR count). The van der Waals surface area contributed by atoms with Crippen LogP contribution in [0.15, 0.2) is 0 Å². The van der Waals surface area contributed by atoms with E-state index in [1.165, 1.54) is 9.88 Å². The van der Waals surface area contributed by atoms with Crippen LogP contribution in [0.3, 0.4) is 0 Å². The van der Waals surface area contributed by atoms with Crippen LogP contribution in [0.4, 0.5) is 0 Å². The largest absolute Gasteiger partial charge is 0.289 e. The standard InChI is InChI=1S/HNSi.Ru.Ti/c1-2;;/h2H;;. The summed E-state index contributed by atoms with van der Waals surface area (Å²) in [4.78, 5) is 6.92. The summed E-state index contributed by atoms with van der Waals surface area (Å²) in [6, 6.07) is 0. The minimum Gasteiger partial charge on any atom is -0.289 e. The molecule has 0 aliphatic carbocycles. The third-order valence-corrected chi connectivity index (χ3v) is 0. The molecule has 0 unspecified atom stereocenters. The summed E-state index contributed by atoms with van der Waals surface area (Å²) in [5, 5.41) is 0. The molecule has 0 amide bonds. The van der Waals surface area contributed by atoms with Gasteiger partial charge in [-0.2, -0.15) is 0 Å². The Morgan fingerprint density at radius 1 is 1.25 bits per heavy atom. The first-order chi connectivity index (χ1) is 1.00. The Hall–Kier alpha value is 1.26. The van der Waals surface area contributed by atoms with Gasteiger partial charge in [0.15, 0.2) is 9.88 Å². The van der Waals surface area contributed by atoms with Crippen LogP contribution in [0.5, 0.6) is 0 Å². The molecule has 0 N–H and O–H groups in total. The van der Waals surface area contributed by atoms with Gasteiger partial charge in [0.25, 0.3) is 0 Å². The van der Waals surface area contributed by atoms with Crippen LogP contribution in [-0.4, -0.2) is 9.88 Å². The third kappa shape index (κ3) is 10.5. The summed E-state index contributed by atoms with van der Waals surface area (Å²) < 4.78 is 0. The minimum atomic E-state index is 0. The van der Waals surface area contributed by atoms with Crippen LogP contribution in [0.1, 0.15) is 0 Å². The molecule has 0 aromatic heterocycles. The molecule has 0 saturated heterocycles. The van der Waals surface area contributed by atoms with Crippen LogP contribution in [0.2, 0.25) is 0 Å². The van der Waals surface area contributed by atoms with Gasteiger partial charge in [-0.15, -0.1) is 0 Å². The van der Waals surface area contributed by atoms with E-state index < -0.39 is 0 Å². The van der Waals surface area contributed by atoms with Gasteiger partial charge < -0.3 is 0 Å². The number of rotatable bonds is 0. The van der Waals surface area contributed by atoms with Crippen molar-refractivity contribution >= 4 is 9.88 Å². The van der Waals surface area contributed by atoms with E-state index in [1.54, 1.807) is 0 Å². The van der Waals surface area contributed by atoms with E-state index in [4.69, 9.17) is 4.89 Å². The van der Waals surface area contributed by atoms with E-state index in [0.29, 0.717) is 0 Å². The first-order valence-electron chi connectivity index (χ1n) is 0.258. The van der Waals surface area contributed by atoms with Crippen molar-refractivity contribution in [2.75, 3.05) is 0 Å². The quantitative estimate of drug-likeness (QED) is 0.468. The van der Waals surface area contributed by atoms with Gasteiger partial charge in [0.05, 0.1) is 0 Å². The molecule has 22 valence electrons.